The van der Waals surface area contributed by atoms with Crippen molar-refractivity contribution in [3.63, 3.8) is 0 Å². The first-order valence-corrected chi connectivity index (χ1v) is 9.46. The lowest BCUT2D eigenvalue weighted by atomic mass is 9.76. The number of hydrogen-bond acceptors (Lipinski definition) is 2. The zero-order valence-corrected chi connectivity index (χ0v) is 14.5. The Hall–Kier alpha value is -2.40. The maximum Gasteiger partial charge on any atom is 0.205 e. The number of fused-ring (bicyclic) bond motifs is 2. The largest absolute Gasteiger partial charge is 0.205 e. The number of benzene rings is 2. The third-order valence-corrected chi connectivity index (χ3v) is 6.49. The van der Waals surface area contributed by atoms with Crippen LogP contribution >= 0.6 is 0 Å². The topological polar surface area (TPSA) is 36.1 Å². The van der Waals surface area contributed by atoms with E-state index >= 15 is 0 Å². The molecule has 124 valence electrons. The lowest BCUT2D eigenvalue weighted by Gasteiger charge is -2.28. The van der Waals surface area contributed by atoms with Crippen LogP contribution in [0.25, 0.3) is 0 Å². The van der Waals surface area contributed by atoms with E-state index in [0.717, 1.165) is 43.7 Å². The van der Waals surface area contributed by atoms with Crippen LogP contribution in [0, 0.1) is 16.9 Å². The SMILES string of the molecule is N#CN=C1c2cc(C3CC3)ccc2CC12CCc1ccccc1CC2. The van der Waals surface area contributed by atoms with Crippen LogP contribution in [0.3, 0.4) is 0 Å². The van der Waals surface area contributed by atoms with Gasteiger partial charge in [-0.3, -0.25) is 0 Å². The van der Waals surface area contributed by atoms with Crippen LogP contribution in [0.15, 0.2) is 47.5 Å². The highest BCUT2D eigenvalue weighted by Crippen LogP contribution is 2.48. The van der Waals surface area contributed by atoms with Gasteiger partial charge in [-0.15, -0.1) is 0 Å². The van der Waals surface area contributed by atoms with E-state index in [0.29, 0.717) is 0 Å². The lowest BCUT2D eigenvalue weighted by Crippen LogP contribution is -2.29. The molecule has 0 heterocycles. The number of nitrogens with zero attached hydrogens (tertiary/aromatic N) is 2. The van der Waals surface area contributed by atoms with Gasteiger partial charge in [0.05, 0.1) is 5.71 Å². The minimum absolute atomic E-state index is 0.0409. The first-order chi connectivity index (χ1) is 12.3. The smallest absolute Gasteiger partial charge is 0.177 e. The molecule has 1 spiro atoms. The Bertz CT molecular complexity index is 885. The summed E-state index contributed by atoms with van der Waals surface area (Å²) in [6, 6.07) is 15.8. The van der Waals surface area contributed by atoms with Gasteiger partial charge in [0, 0.05) is 11.0 Å². The van der Waals surface area contributed by atoms with Crippen LogP contribution < -0.4 is 0 Å². The van der Waals surface area contributed by atoms with Crippen molar-refractivity contribution in [2.75, 3.05) is 0 Å². The second-order valence-corrected chi connectivity index (χ2v) is 7.98. The van der Waals surface area contributed by atoms with E-state index in [2.05, 4.69) is 53.7 Å². The predicted octanol–water partition coefficient (Wildman–Crippen LogP) is 4.96. The Labute approximate surface area is 149 Å². The van der Waals surface area contributed by atoms with Crippen LogP contribution in [0.4, 0.5) is 0 Å². The number of aliphatic imine (C=N–C) groups is 1. The maximum absolute atomic E-state index is 9.36. The molecule has 3 aliphatic rings. The van der Waals surface area contributed by atoms with E-state index in [4.69, 9.17) is 0 Å². The minimum Gasteiger partial charge on any atom is -0.177 e. The van der Waals surface area contributed by atoms with E-state index in [1.807, 2.05) is 0 Å². The molecular weight excluding hydrogens is 304 g/mol. The highest BCUT2D eigenvalue weighted by Gasteiger charge is 2.44. The molecule has 2 heteroatoms. The summed E-state index contributed by atoms with van der Waals surface area (Å²) in [6.45, 7) is 0. The second kappa shape index (κ2) is 5.56. The fourth-order valence-electron chi connectivity index (χ4n) is 4.93. The number of rotatable bonds is 1. The maximum atomic E-state index is 9.36. The van der Waals surface area contributed by atoms with Crippen LogP contribution in [0.5, 0.6) is 0 Å². The molecular formula is C23H22N2. The Morgan fingerprint density at radius 1 is 0.960 bits per heavy atom. The van der Waals surface area contributed by atoms with E-state index in [-0.39, 0.29) is 5.41 Å². The molecule has 0 aliphatic heterocycles. The summed E-state index contributed by atoms with van der Waals surface area (Å²) in [5.41, 5.74) is 8.16. The third-order valence-electron chi connectivity index (χ3n) is 6.49. The fraction of sp³-hybridized carbons (Fsp3) is 0.391. The first-order valence-electron chi connectivity index (χ1n) is 9.46. The van der Waals surface area contributed by atoms with Gasteiger partial charge in [-0.05, 0) is 79.2 Å². The zero-order chi connectivity index (χ0) is 16.9. The normalized spacial score (nSPS) is 22.3. The molecule has 0 N–H and O–H groups in total. The molecule has 0 unspecified atom stereocenters. The van der Waals surface area contributed by atoms with Gasteiger partial charge in [0.25, 0.3) is 0 Å². The first kappa shape index (κ1) is 14.9. The van der Waals surface area contributed by atoms with Crippen molar-refractivity contribution in [2.24, 2.45) is 10.4 Å². The predicted molar refractivity (Wildman–Crippen MR) is 99.8 cm³/mol. The van der Waals surface area contributed by atoms with Crippen LogP contribution in [-0.2, 0) is 19.3 Å². The van der Waals surface area contributed by atoms with E-state index in [1.165, 1.54) is 40.7 Å². The standard InChI is InChI=1S/C23H22N2/c24-15-25-22-21-13-19(18-5-6-18)7-8-20(21)14-23(22)11-9-16-3-1-2-4-17(16)10-12-23/h1-4,7-8,13,18H,5-6,9-12,14H2. The fourth-order valence-corrected chi connectivity index (χ4v) is 4.93. The molecule has 1 saturated carbocycles. The quantitative estimate of drug-likeness (QED) is 0.683. The second-order valence-electron chi connectivity index (χ2n) is 7.98. The van der Waals surface area contributed by atoms with Gasteiger partial charge in [-0.1, -0.05) is 36.4 Å². The monoisotopic (exact) mass is 326 g/mol. The van der Waals surface area contributed by atoms with Gasteiger partial charge in [0.15, 0.2) is 0 Å². The molecule has 0 radical (unpaired) electrons. The Morgan fingerprint density at radius 2 is 1.68 bits per heavy atom. The lowest BCUT2D eigenvalue weighted by molar-refractivity contribution is 0.376. The summed E-state index contributed by atoms with van der Waals surface area (Å²) >= 11 is 0. The van der Waals surface area contributed by atoms with Crippen LogP contribution in [0.1, 0.15) is 59.4 Å². The van der Waals surface area contributed by atoms with Crippen LogP contribution in [0.2, 0.25) is 0 Å². The van der Waals surface area contributed by atoms with Crippen LogP contribution in [-0.4, -0.2) is 5.71 Å². The summed E-state index contributed by atoms with van der Waals surface area (Å²) in [5.74, 6) is 0.739. The Morgan fingerprint density at radius 3 is 2.32 bits per heavy atom. The van der Waals surface area contributed by atoms with Crippen molar-refractivity contribution in [2.45, 2.75) is 50.9 Å². The molecule has 25 heavy (non-hydrogen) atoms. The summed E-state index contributed by atoms with van der Waals surface area (Å²) < 4.78 is 0. The molecule has 3 aliphatic carbocycles. The molecule has 2 nitrogen and oxygen atoms in total. The Balaban J connectivity index is 1.56. The van der Waals surface area contributed by atoms with Crippen molar-refractivity contribution in [3.8, 4) is 6.19 Å². The molecule has 2 aromatic carbocycles. The Kier molecular flexibility index (Phi) is 3.31. The number of nitriles is 1. The van der Waals surface area contributed by atoms with Crippen molar-refractivity contribution in [1.29, 1.82) is 5.26 Å². The molecule has 0 bridgehead atoms. The van der Waals surface area contributed by atoms with E-state index < -0.39 is 0 Å². The van der Waals surface area contributed by atoms with E-state index in [9.17, 15) is 5.26 Å². The minimum atomic E-state index is 0.0409. The highest BCUT2D eigenvalue weighted by atomic mass is 14.8. The van der Waals surface area contributed by atoms with Crippen molar-refractivity contribution >= 4 is 5.71 Å². The van der Waals surface area contributed by atoms with Crippen molar-refractivity contribution < 1.29 is 0 Å². The van der Waals surface area contributed by atoms with Gasteiger partial charge in [-0.25, -0.2) is 0 Å². The molecule has 0 saturated heterocycles. The summed E-state index contributed by atoms with van der Waals surface area (Å²) in [7, 11) is 0. The van der Waals surface area contributed by atoms with Gasteiger partial charge >= 0.3 is 0 Å². The molecule has 5 rings (SSSR count). The van der Waals surface area contributed by atoms with Gasteiger partial charge < -0.3 is 0 Å². The van der Waals surface area contributed by atoms with Gasteiger partial charge in [0.1, 0.15) is 0 Å². The van der Waals surface area contributed by atoms with Crippen molar-refractivity contribution in [3.05, 3.63) is 70.3 Å². The summed E-state index contributed by atoms with van der Waals surface area (Å²) in [4.78, 5) is 4.39. The third kappa shape index (κ3) is 2.42. The average Bonchev–Trinajstić information content (AvgIpc) is 3.45. The summed E-state index contributed by atoms with van der Waals surface area (Å²) in [5, 5.41) is 9.36. The number of hydrogen-bond donors (Lipinski definition) is 0. The van der Waals surface area contributed by atoms with E-state index in [1.54, 1.807) is 0 Å². The van der Waals surface area contributed by atoms with Crippen molar-refractivity contribution in [1.82, 2.24) is 0 Å². The number of aryl methyl sites for hydroxylation is 2. The molecule has 1 fully saturated rings. The molecule has 0 amide bonds. The zero-order valence-electron chi connectivity index (χ0n) is 14.5. The summed E-state index contributed by atoms with van der Waals surface area (Å²) in [6.07, 6.45) is 10.1. The highest BCUT2D eigenvalue weighted by molar-refractivity contribution is 6.09. The van der Waals surface area contributed by atoms with Gasteiger partial charge in [-0.2, -0.15) is 10.3 Å². The average molecular weight is 326 g/mol. The van der Waals surface area contributed by atoms with Gasteiger partial charge in [0.2, 0.25) is 6.19 Å². The molecule has 0 atom stereocenters. The molecule has 2 aromatic rings. The molecule has 0 aromatic heterocycles.